The Morgan fingerprint density at radius 2 is 1.79 bits per heavy atom. The topological polar surface area (TPSA) is 58.4 Å². The molecule has 1 fully saturated rings. The Morgan fingerprint density at radius 3 is 2.45 bits per heavy atom. The van der Waals surface area contributed by atoms with Crippen LogP contribution in [0.4, 0.5) is 5.69 Å². The van der Waals surface area contributed by atoms with Crippen LogP contribution in [0, 0.1) is 5.92 Å². The van der Waals surface area contributed by atoms with Gasteiger partial charge in [-0.2, -0.15) is 0 Å². The van der Waals surface area contributed by atoms with E-state index in [0.29, 0.717) is 24.7 Å². The highest BCUT2D eigenvalue weighted by Gasteiger charge is 2.15. The SMILES string of the molecule is CC1CCN(Cc2ccc(NC(=O)CCc3ncc(-c4ccc(C(C)C)cc4)o3)cc2)CC1. The minimum absolute atomic E-state index is 0.0335. The van der Waals surface area contributed by atoms with E-state index in [4.69, 9.17) is 4.42 Å². The van der Waals surface area contributed by atoms with Gasteiger partial charge in [-0.25, -0.2) is 4.98 Å². The molecule has 5 heteroatoms. The minimum Gasteiger partial charge on any atom is -0.441 e. The molecular weight excluding hydrogens is 410 g/mol. The third-order valence-corrected chi connectivity index (χ3v) is 6.50. The first-order valence-corrected chi connectivity index (χ1v) is 12.1. The van der Waals surface area contributed by atoms with Crippen LogP contribution in [0.5, 0.6) is 0 Å². The number of amides is 1. The number of nitrogens with one attached hydrogen (secondary N) is 1. The first-order valence-electron chi connectivity index (χ1n) is 12.1. The van der Waals surface area contributed by atoms with E-state index in [1.807, 2.05) is 12.1 Å². The molecule has 0 aliphatic carbocycles. The van der Waals surface area contributed by atoms with E-state index >= 15 is 0 Å². The Kier molecular flexibility index (Phi) is 7.61. The number of aromatic nitrogens is 1. The summed E-state index contributed by atoms with van der Waals surface area (Å²) in [4.78, 5) is 19.3. The molecule has 0 spiro atoms. The summed E-state index contributed by atoms with van der Waals surface area (Å²) in [6.45, 7) is 10.0. The number of rotatable bonds is 8. The Labute approximate surface area is 197 Å². The van der Waals surface area contributed by atoms with E-state index in [9.17, 15) is 4.79 Å². The maximum absolute atomic E-state index is 12.4. The van der Waals surface area contributed by atoms with Crippen LogP contribution in [-0.4, -0.2) is 28.9 Å². The van der Waals surface area contributed by atoms with Gasteiger partial charge in [0.2, 0.25) is 5.91 Å². The Balaban J connectivity index is 1.24. The molecule has 174 valence electrons. The first kappa shape index (κ1) is 23.2. The highest BCUT2D eigenvalue weighted by molar-refractivity contribution is 5.90. The zero-order valence-electron chi connectivity index (χ0n) is 20.0. The number of likely N-dealkylation sites (tertiary alicyclic amines) is 1. The molecule has 0 radical (unpaired) electrons. The second kappa shape index (κ2) is 10.8. The lowest BCUT2D eigenvalue weighted by Gasteiger charge is -2.30. The zero-order valence-corrected chi connectivity index (χ0v) is 20.0. The van der Waals surface area contributed by atoms with E-state index in [-0.39, 0.29) is 5.91 Å². The highest BCUT2D eigenvalue weighted by Crippen LogP contribution is 2.24. The molecule has 0 bridgehead atoms. The number of benzene rings is 2. The molecule has 2 aromatic carbocycles. The average Bonchev–Trinajstić information content (AvgIpc) is 3.30. The van der Waals surface area contributed by atoms with Crippen molar-refractivity contribution in [3.63, 3.8) is 0 Å². The van der Waals surface area contributed by atoms with Gasteiger partial charge in [0.05, 0.1) is 6.20 Å². The summed E-state index contributed by atoms with van der Waals surface area (Å²) >= 11 is 0. The second-order valence-electron chi connectivity index (χ2n) is 9.60. The fraction of sp³-hybridized carbons (Fsp3) is 0.429. The van der Waals surface area contributed by atoms with Gasteiger partial charge in [-0.05, 0) is 61.0 Å². The largest absolute Gasteiger partial charge is 0.441 e. The molecule has 1 amide bonds. The number of piperidine rings is 1. The van der Waals surface area contributed by atoms with Crippen LogP contribution >= 0.6 is 0 Å². The number of hydrogen-bond donors (Lipinski definition) is 1. The molecular formula is C28H35N3O2. The maximum atomic E-state index is 12.4. The van der Waals surface area contributed by atoms with Gasteiger partial charge in [0.25, 0.3) is 0 Å². The number of hydrogen-bond acceptors (Lipinski definition) is 4. The fourth-order valence-electron chi connectivity index (χ4n) is 4.21. The normalized spacial score (nSPS) is 15.2. The van der Waals surface area contributed by atoms with Gasteiger partial charge in [0.15, 0.2) is 11.7 Å². The summed E-state index contributed by atoms with van der Waals surface area (Å²) in [5.41, 5.74) is 4.41. The van der Waals surface area contributed by atoms with E-state index in [2.05, 4.69) is 72.4 Å². The lowest BCUT2D eigenvalue weighted by molar-refractivity contribution is -0.116. The molecule has 3 aromatic rings. The monoisotopic (exact) mass is 445 g/mol. The van der Waals surface area contributed by atoms with Crippen molar-refractivity contribution >= 4 is 11.6 Å². The van der Waals surface area contributed by atoms with Crippen LogP contribution in [-0.2, 0) is 17.8 Å². The van der Waals surface area contributed by atoms with E-state index < -0.39 is 0 Å². The van der Waals surface area contributed by atoms with Crippen LogP contribution in [0.1, 0.15) is 63.0 Å². The number of anilines is 1. The van der Waals surface area contributed by atoms with Crippen LogP contribution in [0.15, 0.2) is 59.1 Å². The maximum Gasteiger partial charge on any atom is 0.224 e. The Bertz CT molecular complexity index is 1030. The van der Waals surface area contributed by atoms with Gasteiger partial charge >= 0.3 is 0 Å². The molecule has 0 saturated carbocycles. The Hall–Kier alpha value is -2.92. The molecule has 1 aromatic heterocycles. The van der Waals surface area contributed by atoms with Crippen molar-refractivity contribution in [2.75, 3.05) is 18.4 Å². The fourth-order valence-corrected chi connectivity index (χ4v) is 4.21. The lowest BCUT2D eigenvalue weighted by Crippen LogP contribution is -2.32. The average molecular weight is 446 g/mol. The third kappa shape index (κ3) is 6.55. The number of carbonyl (C=O) groups is 1. The van der Waals surface area contributed by atoms with Crippen molar-refractivity contribution in [3.8, 4) is 11.3 Å². The van der Waals surface area contributed by atoms with Crippen molar-refractivity contribution in [1.29, 1.82) is 0 Å². The number of carbonyl (C=O) groups excluding carboxylic acids is 1. The molecule has 4 rings (SSSR count). The summed E-state index contributed by atoms with van der Waals surface area (Å²) in [5, 5.41) is 2.98. The minimum atomic E-state index is -0.0335. The first-order chi connectivity index (χ1) is 16.0. The molecule has 0 unspecified atom stereocenters. The summed E-state index contributed by atoms with van der Waals surface area (Å²) < 4.78 is 5.87. The van der Waals surface area contributed by atoms with Crippen LogP contribution < -0.4 is 5.32 Å². The van der Waals surface area contributed by atoms with Gasteiger partial charge in [-0.3, -0.25) is 9.69 Å². The second-order valence-corrected chi connectivity index (χ2v) is 9.60. The van der Waals surface area contributed by atoms with E-state index in [0.717, 1.165) is 29.5 Å². The number of aryl methyl sites for hydroxylation is 1. The van der Waals surface area contributed by atoms with E-state index in [1.165, 1.54) is 37.1 Å². The zero-order chi connectivity index (χ0) is 23.2. The summed E-state index contributed by atoms with van der Waals surface area (Å²) in [5.74, 6) is 2.63. The van der Waals surface area contributed by atoms with Crippen molar-refractivity contribution in [2.45, 2.75) is 58.9 Å². The highest BCUT2D eigenvalue weighted by atomic mass is 16.4. The van der Waals surface area contributed by atoms with Gasteiger partial charge in [-0.15, -0.1) is 0 Å². The van der Waals surface area contributed by atoms with Crippen molar-refractivity contribution in [1.82, 2.24) is 9.88 Å². The smallest absolute Gasteiger partial charge is 0.224 e. The molecule has 33 heavy (non-hydrogen) atoms. The molecule has 1 aliphatic heterocycles. The molecule has 1 aliphatic rings. The lowest BCUT2D eigenvalue weighted by atomic mass is 9.99. The molecule has 1 saturated heterocycles. The third-order valence-electron chi connectivity index (χ3n) is 6.50. The summed E-state index contributed by atoms with van der Waals surface area (Å²) in [6, 6.07) is 16.6. The van der Waals surface area contributed by atoms with E-state index in [1.54, 1.807) is 6.20 Å². The van der Waals surface area contributed by atoms with Crippen molar-refractivity contribution in [2.24, 2.45) is 5.92 Å². The van der Waals surface area contributed by atoms with Gasteiger partial charge in [0, 0.05) is 30.6 Å². The van der Waals surface area contributed by atoms with Crippen LogP contribution in [0.3, 0.4) is 0 Å². The van der Waals surface area contributed by atoms with Gasteiger partial charge in [-0.1, -0.05) is 57.2 Å². The Morgan fingerprint density at radius 1 is 1.09 bits per heavy atom. The number of nitrogens with zero attached hydrogens (tertiary/aromatic N) is 2. The van der Waals surface area contributed by atoms with Crippen LogP contribution in [0.2, 0.25) is 0 Å². The molecule has 0 atom stereocenters. The van der Waals surface area contributed by atoms with Crippen LogP contribution in [0.25, 0.3) is 11.3 Å². The quantitative estimate of drug-likeness (QED) is 0.444. The summed E-state index contributed by atoms with van der Waals surface area (Å²) in [7, 11) is 0. The standard InChI is InChI=1S/C28H35N3O2/c1-20(2)23-6-8-24(9-7-23)26-18-29-28(33-26)13-12-27(32)30-25-10-4-22(5-11-25)19-31-16-14-21(3)15-17-31/h4-11,18,20-21H,12-17,19H2,1-3H3,(H,30,32). The number of oxazole rings is 1. The molecule has 1 N–H and O–H groups in total. The van der Waals surface area contributed by atoms with Gasteiger partial charge in [0.1, 0.15) is 0 Å². The summed E-state index contributed by atoms with van der Waals surface area (Å²) in [6.07, 6.45) is 5.11. The van der Waals surface area contributed by atoms with Gasteiger partial charge < -0.3 is 9.73 Å². The van der Waals surface area contributed by atoms with Crippen molar-refractivity contribution in [3.05, 3.63) is 71.7 Å². The predicted octanol–water partition coefficient (Wildman–Crippen LogP) is 6.27. The molecule has 5 nitrogen and oxygen atoms in total. The predicted molar refractivity (Wildman–Crippen MR) is 133 cm³/mol. The molecule has 2 heterocycles. The van der Waals surface area contributed by atoms with Crippen molar-refractivity contribution < 1.29 is 9.21 Å².